The first kappa shape index (κ1) is 31.7. The predicted octanol–water partition coefficient (Wildman–Crippen LogP) is 7.92. The molecule has 0 fully saturated rings. The molecule has 6 aromatic rings. The van der Waals surface area contributed by atoms with Crippen molar-refractivity contribution in [3.8, 4) is 17.1 Å². The van der Waals surface area contributed by atoms with Gasteiger partial charge in [0.1, 0.15) is 41.4 Å². The van der Waals surface area contributed by atoms with Gasteiger partial charge < -0.3 is 14.8 Å². The second kappa shape index (κ2) is 14.0. The maximum Gasteiger partial charge on any atom is 0.180 e. The number of pyridine rings is 1. The number of ether oxygens (including phenoxy) is 2. The Morgan fingerprint density at radius 3 is 2.63 bits per heavy atom. The summed E-state index contributed by atoms with van der Waals surface area (Å²) in [5.41, 5.74) is 3.44. The summed E-state index contributed by atoms with van der Waals surface area (Å²) >= 11 is 4.98. The van der Waals surface area contributed by atoms with E-state index in [0.717, 1.165) is 21.1 Å². The van der Waals surface area contributed by atoms with Gasteiger partial charge in [0, 0.05) is 16.5 Å². The molecule has 3 aromatic heterocycles. The first-order chi connectivity index (χ1) is 22.2. The Bertz CT molecular complexity index is 2100. The van der Waals surface area contributed by atoms with Crippen molar-refractivity contribution in [2.75, 3.05) is 17.7 Å². The summed E-state index contributed by atoms with van der Waals surface area (Å²) in [7, 11) is -3.43. The maximum atomic E-state index is 13.5. The lowest BCUT2D eigenvalue weighted by atomic mass is 10.2. The number of hydrogen-bond donors (Lipinski definition) is 1. The van der Waals surface area contributed by atoms with Crippen LogP contribution < -0.4 is 10.1 Å². The van der Waals surface area contributed by atoms with Gasteiger partial charge in [-0.3, -0.25) is 4.98 Å². The normalized spacial score (nSPS) is 12.2. The molecule has 1 unspecified atom stereocenters. The minimum Gasteiger partial charge on any atom is -0.488 e. The molecule has 9 nitrogen and oxygen atoms in total. The standard InChI is InChI=1S/C33H27BrFN5O4S2/c1-21(43-12-13-46(41,42)25-8-3-2-4-9-25)33-40-30(19-45-33)28-16-26-29(17-36-28)37-20-38-32(26)39-24-10-11-31(27(34)15-24)44-18-22-6-5-7-23(35)14-22/h2-11,14-17,19-21H,12-13,18H2,1H3,(H,37,38,39). The van der Waals surface area contributed by atoms with Crippen molar-refractivity contribution < 1.29 is 22.3 Å². The Morgan fingerprint density at radius 1 is 0.978 bits per heavy atom. The number of halogens is 2. The van der Waals surface area contributed by atoms with Gasteiger partial charge in [0.25, 0.3) is 0 Å². The van der Waals surface area contributed by atoms with Crippen LogP contribution in [0.5, 0.6) is 5.75 Å². The monoisotopic (exact) mass is 719 g/mol. The lowest BCUT2D eigenvalue weighted by Gasteiger charge is -2.12. The predicted molar refractivity (Wildman–Crippen MR) is 179 cm³/mol. The number of fused-ring (bicyclic) bond motifs is 1. The summed E-state index contributed by atoms with van der Waals surface area (Å²) in [6, 6.07) is 22.1. The van der Waals surface area contributed by atoms with Crippen LogP contribution in [-0.2, 0) is 21.2 Å². The molecule has 0 saturated heterocycles. The Kier molecular flexibility index (Phi) is 9.64. The molecule has 234 valence electrons. The topological polar surface area (TPSA) is 116 Å². The number of nitrogens with one attached hydrogen (secondary N) is 1. The minimum absolute atomic E-state index is 0.0458. The van der Waals surface area contributed by atoms with Crippen LogP contribution in [0.4, 0.5) is 15.9 Å². The van der Waals surface area contributed by atoms with Gasteiger partial charge in [-0.15, -0.1) is 11.3 Å². The molecule has 46 heavy (non-hydrogen) atoms. The van der Waals surface area contributed by atoms with Crippen molar-refractivity contribution in [1.82, 2.24) is 19.9 Å². The fourth-order valence-corrected chi connectivity index (χ4v) is 7.00. The van der Waals surface area contributed by atoms with Crippen LogP contribution in [0.25, 0.3) is 22.3 Å². The zero-order valence-electron chi connectivity index (χ0n) is 24.4. The molecule has 1 atom stereocenters. The van der Waals surface area contributed by atoms with Crippen molar-refractivity contribution in [1.29, 1.82) is 0 Å². The quantitative estimate of drug-likeness (QED) is 0.135. The molecule has 0 bridgehead atoms. The molecule has 1 N–H and O–H groups in total. The van der Waals surface area contributed by atoms with Crippen LogP contribution in [0.1, 0.15) is 23.6 Å². The van der Waals surface area contributed by atoms with Crippen LogP contribution in [-0.4, -0.2) is 40.7 Å². The van der Waals surface area contributed by atoms with E-state index in [9.17, 15) is 12.8 Å². The van der Waals surface area contributed by atoms with Crippen LogP contribution in [0.15, 0.2) is 106 Å². The highest BCUT2D eigenvalue weighted by Gasteiger charge is 2.18. The molecule has 13 heteroatoms. The smallest absolute Gasteiger partial charge is 0.180 e. The van der Waals surface area contributed by atoms with E-state index in [0.29, 0.717) is 33.5 Å². The first-order valence-corrected chi connectivity index (χ1v) is 17.5. The largest absolute Gasteiger partial charge is 0.488 e. The van der Waals surface area contributed by atoms with Crippen LogP contribution in [0, 0.1) is 5.82 Å². The molecule has 0 radical (unpaired) electrons. The van der Waals surface area contributed by atoms with Crippen molar-refractivity contribution in [2.24, 2.45) is 0 Å². The SMILES string of the molecule is CC(OCCS(=O)(=O)c1ccccc1)c1nc(-c2cc3c(Nc4ccc(OCc5cccc(F)c5)c(Br)c4)ncnc3cn2)cs1. The highest BCUT2D eigenvalue weighted by atomic mass is 79.9. The number of nitrogens with zero attached hydrogens (tertiary/aromatic N) is 4. The van der Waals surface area contributed by atoms with Crippen molar-refractivity contribution in [3.63, 3.8) is 0 Å². The van der Waals surface area contributed by atoms with Gasteiger partial charge in [-0.2, -0.15) is 0 Å². The van der Waals surface area contributed by atoms with E-state index in [1.165, 1.54) is 29.8 Å². The summed E-state index contributed by atoms with van der Waals surface area (Å²) in [5.74, 6) is 0.770. The summed E-state index contributed by atoms with van der Waals surface area (Å²) in [6.45, 7) is 2.12. The second-order valence-corrected chi connectivity index (χ2v) is 14.1. The highest BCUT2D eigenvalue weighted by Crippen LogP contribution is 2.33. The fraction of sp³-hybridized carbons (Fsp3) is 0.152. The van der Waals surface area contributed by atoms with Crippen LogP contribution >= 0.6 is 27.3 Å². The molecule has 0 aliphatic carbocycles. The number of anilines is 2. The van der Waals surface area contributed by atoms with E-state index < -0.39 is 15.9 Å². The second-order valence-electron chi connectivity index (χ2n) is 10.2. The van der Waals surface area contributed by atoms with E-state index in [4.69, 9.17) is 14.5 Å². The van der Waals surface area contributed by atoms with E-state index >= 15 is 0 Å². The lowest BCUT2D eigenvalue weighted by Crippen LogP contribution is -2.14. The molecule has 3 heterocycles. The van der Waals surface area contributed by atoms with Crippen LogP contribution in [0.2, 0.25) is 0 Å². The molecule has 0 amide bonds. The third-order valence-corrected chi connectivity index (χ3v) is 10.3. The first-order valence-electron chi connectivity index (χ1n) is 14.1. The summed E-state index contributed by atoms with van der Waals surface area (Å²) in [4.78, 5) is 18.4. The number of sulfone groups is 1. The van der Waals surface area contributed by atoms with Crippen molar-refractivity contribution in [3.05, 3.63) is 118 Å². The molecule has 0 aliphatic rings. The summed E-state index contributed by atoms with van der Waals surface area (Å²) in [6.07, 6.45) is 2.74. The van der Waals surface area contributed by atoms with Crippen molar-refractivity contribution >= 4 is 59.5 Å². The lowest BCUT2D eigenvalue weighted by molar-refractivity contribution is 0.0775. The van der Waals surface area contributed by atoms with Gasteiger partial charge in [-0.05, 0) is 76.9 Å². The van der Waals surface area contributed by atoms with Gasteiger partial charge in [0.05, 0.1) is 44.8 Å². The number of hydrogen-bond acceptors (Lipinski definition) is 10. The zero-order chi connectivity index (χ0) is 32.1. The third-order valence-electron chi connectivity index (χ3n) is 6.95. The molecular formula is C33H27BrFN5O4S2. The molecule has 6 rings (SSSR count). The maximum absolute atomic E-state index is 13.5. The Hall–Kier alpha value is -4.30. The highest BCUT2D eigenvalue weighted by molar-refractivity contribution is 9.10. The minimum atomic E-state index is -3.43. The van der Waals surface area contributed by atoms with E-state index in [1.807, 2.05) is 36.6 Å². The number of aromatic nitrogens is 4. The average Bonchev–Trinajstić information content (AvgIpc) is 3.56. The Balaban J connectivity index is 1.13. The number of rotatable bonds is 12. The fourth-order valence-electron chi connectivity index (χ4n) is 4.56. The van der Waals surface area contributed by atoms with Gasteiger partial charge in [-0.1, -0.05) is 30.3 Å². The van der Waals surface area contributed by atoms with Gasteiger partial charge in [0.15, 0.2) is 9.84 Å². The number of thiazole rings is 1. The van der Waals surface area contributed by atoms with Gasteiger partial charge >= 0.3 is 0 Å². The Labute approximate surface area is 277 Å². The van der Waals surface area contributed by atoms with E-state index in [1.54, 1.807) is 48.7 Å². The van der Waals surface area contributed by atoms with E-state index in [2.05, 4.69) is 36.2 Å². The van der Waals surface area contributed by atoms with Crippen molar-refractivity contribution in [2.45, 2.75) is 24.5 Å². The summed E-state index contributed by atoms with van der Waals surface area (Å²) in [5, 5.41) is 6.69. The zero-order valence-corrected chi connectivity index (χ0v) is 27.6. The molecular weight excluding hydrogens is 693 g/mol. The van der Waals surface area contributed by atoms with E-state index in [-0.39, 0.29) is 29.7 Å². The van der Waals surface area contributed by atoms with Gasteiger partial charge in [0.2, 0.25) is 0 Å². The molecule has 0 saturated carbocycles. The average molecular weight is 721 g/mol. The molecule has 3 aromatic carbocycles. The molecule has 0 spiro atoms. The summed E-state index contributed by atoms with van der Waals surface area (Å²) < 4.78 is 51.1. The Morgan fingerprint density at radius 2 is 1.83 bits per heavy atom. The molecule has 0 aliphatic heterocycles. The third kappa shape index (κ3) is 7.56. The van der Waals surface area contributed by atoms with Gasteiger partial charge in [-0.25, -0.2) is 27.8 Å². The number of benzene rings is 3. The van der Waals surface area contributed by atoms with Crippen LogP contribution in [0.3, 0.4) is 0 Å².